The molecule has 0 atom stereocenters. The zero-order valence-electron chi connectivity index (χ0n) is 13.6. The molecule has 1 aromatic heterocycles. The molecule has 0 bridgehead atoms. The Hall–Kier alpha value is -2.84. The minimum Gasteiger partial charge on any atom is -0.327 e. The van der Waals surface area contributed by atoms with Crippen LogP contribution in [0.15, 0.2) is 91.3 Å². The summed E-state index contributed by atoms with van der Waals surface area (Å²) in [6.07, 6.45) is 3.81. The van der Waals surface area contributed by atoms with E-state index in [0.717, 1.165) is 23.0 Å². The molecule has 1 heterocycles. The first-order valence-corrected chi connectivity index (χ1v) is 8.59. The van der Waals surface area contributed by atoms with Gasteiger partial charge in [0.15, 0.2) is 0 Å². The topological polar surface area (TPSA) is 17.8 Å². The zero-order chi connectivity index (χ0) is 17.1. The lowest BCUT2D eigenvalue weighted by Crippen LogP contribution is -2.01. The molecule has 0 aliphatic heterocycles. The summed E-state index contributed by atoms with van der Waals surface area (Å²) in [5.41, 5.74) is 4.64. The fraction of sp³-hybridized carbons (Fsp3) is 0.0455. The molecule has 0 fully saturated rings. The molecule has 122 valence electrons. The molecular formula is C22H17ClN2. The summed E-state index contributed by atoms with van der Waals surface area (Å²) in [6, 6.07) is 26.9. The van der Waals surface area contributed by atoms with Crippen molar-refractivity contribution < 1.29 is 0 Å². The van der Waals surface area contributed by atoms with Gasteiger partial charge in [-0.15, -0.1) is 0 Å². The van der Waals surface area contributed by atoms with Crippen LogP contribution in [0.4, 0.5) is 0 Å². The Kier molecular flexibility index (Phi) is 4.36. The summed E-state index contributed by atoms with van der Waals surface area (Å²) >= 11 is 6.33. The first-order valence-electron chi connectivity index (χ1n) is 8.22. The van der Waals surface area contributed by atoms with E-state index in [0.29, 0.717) is 0 Å². The van der Waals surface area contributed by atoms with E-state index in [4.69, 9.17) is 11.6 Å². The van der Waals surface area contributed by atoms with Crippen LogP contribution in [0.2, 0.25) is 5.02 Å². The quantitative estimate of drug-likeness (QED) is 0.449. The average molecular weight is 345 g/mol. The third kappa shape index (κ3) is 3.35. The highest BCUT2D eigenvalue weighted by atomic mass is 35.5. The summed E-state index contributed by atoms with van der Waals surface area (Å²) in [7, 11) is 0. The zero-order valence-corrected chi connectivity index (χ0v) is 14.4. The maximum atomic E-state index is 6.33. The molecule has 0 spiro atoms. The second-order valence-electron chi connectivity index (χ2n) is 5.92. The highest BCUT2D eigenvalue weighted by Gasteiger charge is 2.09. The molecule has 0 aliphatic carbocycles. The number of benzene rings is 3. The van der Waals surface area contributed by atoms with Crippen LogP contribution >= 0.6 is 11.6 Å². The molecule has 4 rings (SSSR count). The van der Waals surface area contributed by atoms with Gasteiger partial charge in [-0.25, -0.2) is 4.98 Å². The van der Waals surface area contributed by atoms with E-state index in [1.54, 1.807) is 0 Å². The molecule has 3 aromatic carbocycles. The lowest BCUT2D eigenvalue weighted by molar-refractivity contribution is 0.807. The van der Waals surface area contributed by atoms with Crippen molar-refractivity contribution in [1.82, 2.24) is 9.55 Å². The largest absolute Gasteiger partial charge is 0.327 e. The van der Waals surface area contributed by atoms with Gasteiger partial charge in [0.25, 0.3) is 0 Å². The van der Waals surface area contributed by atoms with Crippen LogP contribution in [0.5, 0.6) is 0 Å². The minimum absolute atomic E-state index is 0.717. The molecule has 0 saturated heterocycles. The SMILES string of the molecule is Clc1ccccc1-c1nccn1Cc1ccc(-c2ccccc2)cc1. The molecular weight excluding hydrogens is 328 g/mol. The van der Waals surface area contributed by atoms with Crippen molar-refractivity contribution in [3.8, 4) is 22.5 Å². The van der Waals surface area contributed by atoms with E-state index in [1.165, 1.54) is 16.7 Å². The number of nitrogens with zero attached hydrogens (tertiary/aromatic N) is 2. The molecule has 0 saturated carbocycles. The van der Waals surface area contributed by atoms with Crippen molar-refractivity contribution >= 4 is 11.6 Å². The fourth-order valence-corrected chi connectivity index (χ4v) is 3.17. The number of aromatic nitrogens is 2. The lowest BCUT2D eigenvalue weighted by atomic mass is 10.0. The Bertz CT molecular complexity index is 972. The molecule has 0 radical (unpaired) electrons. The van der Waals surface area contributed by atoms with Crippen molar-refractivity contribution in [3.05, 3.63) is 102 Å². The number of imidazole rings is 1. The van der Waals surface area contributed by atoms with E-state index < -0.39 is 0 Å². The van der Waals surface area contributed by atoms with Crippen LogP contribution < -0.4 is 0 Å². The van der Waals surface area contributed by atoms with Crippen LogP contribution in [-0.4, -0.2) is 9.55 Å². The van der Waals surface area contributed by atoms with E-state index in [2.05, 4.69) is 58.1 Å². The third-order valence-electron chi connectivity index (χ3n) is 4.24. The van der Waals surface area contributed by atoms with Crippen molar-refractivity contribution in [2.24, 2.45) is 0 Å². The van der Waals surface area contributed by atoms with Gasteiger partial charge < -0.3 is 4.57 Å². The smallest absolute Gasteiger partial charge is 0.141 e. The Balaban J connectivity index is 1.60. The summed E-state index contributed by atoms with van der Waals surface area (Å²) in [5, 5.41) is 0.717. The van der Waals surface area contributed by atoms with Gasteiger partial charge in [-0.1, -0.05) is 78.3 Å². The Morgan fingerprint density at radius 1 is 0.760 bits per heavy atom. The van der Waals surface area contributed by atoms with Gasteiger partial charge in [0, 0.05) is 24.5 Å². The molecule has 0 amide bonds. The fourth-order valence-electron chi connectivity index (χ4n) is 2.95. The van der Waals surface area contributed by atoms with Crippen LogP contribution in [0, 0.1) is 0 Å². The van der Waals surface area contributed by atoms with Gasteiger partial charge in [0.05, 0.1) is 5.02 Å². The van der Waals surface area contributed by atoms with Crippen molar-refractivity contribution in [1.29, 1.82) is 0 Å². The molecule has 4 aromatic rings. The van der Waals surface area contributed by atoms with Gasteiger partial charge in [0.2, 0.25) is 0 Å². The highest BCUT2D eigenvalue weighted by molar-refractivity contribution is 6.33. The summed E-state index contributed by atoms with van der Waals surface area (Å²) in [5.74, 6) is 0.887. The van der Waals surface area contributed by atoms with E-state index >= 15 is 0 Å². The Morgan fingerprint density at radius 3 is 2.20 bits per heavy atom. The monoisotopic (exact) mass is 344 g/mol. The second kappa shape index (κ2) is 6.96. The maximum Gasteiger partial charge on any atom is 0.141 e. The van der Waals surface area contributed by atoms with E-state index in [1.807, 2.05) is 42.7 Å². The molecule has 0 aliphatic rings. The first-order chi connectivity index (χ1) is 12.3. The van der Waals surface area contributed by atoms with Gasteiger partial charge in [0.1, 0.15) is 5.82 Å². The van der Waals surface area contributed by atoms with Crippen LogP contribution in [0.3, 0.4) is 0 Å². The predicted molar refractivity (Wildman–Crippen MR) is 104 cm³/mol. The second-order valence-corrected chi connectivity index (χ2v) is 6.33. The molecule has 3 heteroatoms. The van der Waals surface area contributed by atoms with Crippen molar-refractivity contribution in [2.45, 2.75) is 6.54 Å². The van der Waals surface area contributed by atoms with Crippen molar-refractivity contribution in [2.75, 3.05) is 0 Å². The van der Waals surface area contributed by atoms with Crippen LogP contribution in [0.1, 0.15) is 5.56 Å². The van der Waals surface area contributed by atoms with Gasteiger partial charge in [-0.2, -0.15) is 0 Å². The van der Waals surface area contributed by atoms with Gasteiger partial charge >= 0.3 is 0 Å². The molecule has 2 nitrogen and oxygen atoms in total. The number of rotatable bonds is 4. The van der Waals surface area contributed by atoms with Gasteiger partial charge in [-0.05, 0) is 28.8 Å². The van der Waals surface area contributed by atoms with E-state index in [9.17, 15) is 0 Å². The van der Waals surface area contributed by atoms with Gasteiger partial charge in [-0.3, -0.25) is 0 Å². The summed E-state index contributed by atoms with van der Waals surface area (Å²) < 4.78 is 2.12. The molecule has 0 N–H and O–H groups in total. The van der Waals surface area contributed by atoms with Crippen LogP contribution in [0.25, 0.3) is 22.5 Å². The predicted octanol–water partition coefficient (Wildman–Crippen LogP) is 5.92. The lowest BCUT2D eigenvalue weighted by Gasteiger charge is -2.10. The molecule has 0 unspecified atom stereocenters. The normalized spacial score (nSPS) is 10.8. The Labute approximate surface area is 152 Å². The highest BCUT2D eigenvalue weighted by Crippen LogP contribution is 2.27. The Morgan fingerprint density at radius 2 is 1.44 bits per heavy atom. The minimum atomic E-state index is 0.717. The van der Waals surface area contributed by atoms with E-state index in [-0.39, 0.29) is 0 Å². The standard InChI is InChI=1S/C22H17ClN2/c23-21-9-5-4-8-20(21)22-24-14-15-25(22)16-17-10-12-19(13-11-17)18-6-2-1-3-7-18/h1-15H,16H2. The number of hydrogen-bond acceptors (Lipinski definition) is 1. The van der Waals surface area contributed by atoms with Crippen LogP contribution in [-0.2, 0) is 6.54 Å². The van der Waals surface area contributed by atoms with Crippen molar-refractivity contribution in [3.63, 3.8) is 0 Å². The summed E-state index contributed by atoms with van der Waals surface area (Å²) in [4.78, 5) is 4.49. The first kappa shape index (κ1) is 15.7. The number of hydrogen-bond donors (Lipinski definition) is 0. The maximum absolute atomic E-state index is 6.33. The number of halogens is 1. The summed E-state index contributed by atoms with van der Waals surface area (Å²) in [6.45, 7) is 0.760. The molecule has 25 heavy (non-hydrogen) atoms. The third-order valence-corrected chi connectivity index (χ3v) is 4.57. The average Bonchev–Trinajstić information content (AvgIpc) is 3.11.